The molecular formula is C18H28N2O. The third-order valence-corrected chi connectivity index (χ3v) is 4.56. The van der Waals surface area contributed by atoms with Gasteiger partial charge in [0.2, 0.25) is 5.91 Å². The molecule has 1 atom stereocenters. The van der Waals surface area contributed by atoms with Crippen molar-refractivity contribution in [1.82, 2.24) is 4.90 Å². The van der Waals surface area contributed by atoms with Crippen LogP contribution in [0.5, 0.6) is 0 Å². The number of benzene rings is 1. The SMILES string of the molecule is CC1(C)CCCN(C(=O)C(N)CCc2ccccc2)CC1. The zero-order valence-electron chi connectivity index (χ0n) is 13.3. The van der Waals surface area contributed by atoms with E-state index in [0.29, 0.717) is 5.41 Å². The fourth-order valence-electron chi connectivity index (χ4n) is 2.97. The molecule has 3 heteroatoms. The van der Waals surface area contributed by atoms with Crippen LogP contribution < -0.4 is 5.73 Å². The first-order chi connectivity index (χ1) is 9.98. The maximum atomic E-state index is 12.5. The molecular weight excluding hydrogens is 260 g/mol. The lowest BCUT2D eigenvalue weighted by Crippen LogP contribution is -2.44. The normalized spacial score (nSPS) is 19.9. The van der Waals surface area contributed by atoms with Crippen LogP contribution in [0.25, 0.3) is 0 Å². The van der Waals surface area contributed by atoms with E-state index in [0.717, 1.165) is 38.8 Å². The van der Waals surface area contributed by atoms with E-state index in [4.69, 9.17) is 5.73 Å². The second-order valence-corrected chi connectivity index (χ2v) is 6.97. The summed E-state index contributed by atoms with van der Waals surface area (Å²) < 4.78 is 0. The Hall–Kier alpha value is -1.35. The van der Waals surface area contributed by atoms with Crippen LogP contribution in [0.15, 0.2) is 30.3 Å². The van der Waals surface area contributed by atoms with Crippen LogP contribution in [0.2, 0.25) is 0 Å². The zero-order chi connectivity index (χ0) is 15.3. The van der Waals surface area contributed by atoms with Gasteiger partial charge in [0.15, 0.2) is 0 Å². The maximum absolute atomic E-state index is 12.5. The summed E-state index contributed by atoms with van der Waals surface area (Å²) in [6.45, 7) is 6.29. The molecule has 1 heterocycles. The fraction of sp³-hybridized carbons (Fsp3) is 0.611. The molecule has 0 saturated carbocycles. The molecule has 21 heavy (non-hydrogen) atoms. The van der Waals surface area contributed by atoms with Crippen LogP contribution in [0.3, 0.4) is 0 Å². The Kier molecular flexibility index (Phi) is 5.40. The second kappa shape index (κ2) is 7.08. The molecule has 1 amide bonds. The van der Waals surface area contributed by atoms with E-state index >= 15 is 0 Å². The van der Waals surface area contributed by atoms with Crippen molar-refractivity contribution in [3.63, 3.8) is 0 Å². The Morgan fingerprint density at radius 2 is 1.95 bits per heavy atom. The highest BCUT2D eigenvalue weighted by molar-refractivity contribution is 5.81. The molecule has 2 rings (SSSR count). The summed E-state index contributed by atoms with van der Waals surface area (Å²) >= 11 is 0. The van der Waals surface area contributed by atoms with Crippen molar-refractivity contribution in [3.8, 4) is 0 Å². The molecule has 0 bridgehead atoms. The predicted octanol–water partition coefficient (Wildman–Crippen LogP) is 2.99. The van der Waals surface area contributed by atoms with E-state index in [1.165, 1.54) is 12.0 Å². The van der Waals surface area contributed by atoms with E-state index in [2.05, 4.69) is 26.0 Å². The molecule has 1 unspecified atom stereocenters. The van der Waals surface area contributed by atoms with Crippen molar-refractivity contribution in [2.24, 2.45) is 11.1 Å². The minimum Gasteiger partial charge on any atom is -0.341 e. The molecule has 116 valence electrons. The van der Waals surface area contributed by atoms with Gasteiger partial charge in [-0.25, -0.2) is 0 Å². The Bertz CT molecular complexity index is 456. The molecule has 3 nitrogen and oxygen atoms in total. The summed E-state index contributed by atoms with van der Waals surface area (Å²) in [6, 6.07) is 9.87. The van der Waals surface area contributed by atoms with Crippen LogP contribution in [0.4, 0.5) is 0 Å². The van der Waals surface area contributed by atoms with Gasteiger partial charge in [-0.2, -0.15) is 0 Å². The lowest BCUT2D eigenvalue weighted by atomic mass is 9.85. The molecule has 0 aliphatic carbocycles. The summed E-state index contributed by atoms with van der Waals surface area (Å²) in [6.07, 6.45) is 4.94. The molecule has 0 radical (unpaired) electrons. The van der Waals surface area contributed by atoms with E-state index < -0.39 is 0 Å². The highest BCUT2D eigenvalue weighted by atomic mass is 16.2. The van der Waals surface area contributed by atoms with Crippen LogP contribution >= 0.6 is 0 Å². The molecule has 0 spiro atoms. The zero-order valence-corrected chi connectivity index (χ0v) is 13.3. The summed E-state index contributed by atoms with van der Waals surface area (Å²) in [4.78, 5) is 14.5. The first-order valence-corrected chi connectivity index (χ1v) is 8.06. The van der Waals surface area contributed by atoms with Gasteiger partial charge in [0.1, 0.15) is 0 Å². The van der Waals surface area contributed by atoms with Gasteiger partial charge in [0.05, 0.1) is 6.04 Å². The number of nitrogens with two attached hydrogens (primary N) is 1. The first kappa shape index (κ1) is 16.0. The minimum atomic E-state index is -0.369. The number of hydrogen-bond acceptors (Lipinski definition) is 2. The number of aryl methyl sites for hydroxylation is 1. The smallest absolute Gasteiger partial charge is 0.239 e. The van der Waals surface area contributed by atoms with Gasteiger partial charge >= 0.3 is 0 Å². The third-order valence-electron chi connectivity index (χ3n) is 4.56. The largest absolute Gasteiger partial charge is 0.341 e. The summed E-state index contributed by atoms with van der Waals surface area (Å²) in [5.74, 6) is 0.128. The van der Waals surface area contributed by atoms with E-state index in [1.54, 1.807) is 0 Å². The van der Waals surface area contributed by atoms with E-state index in [9.17, 15) is 4.79 Å². The van der Waals surface area contributed by atoms with Crippen molar-refractivity contribution < 1.29 is 4.79 Å². The number of likely N-dealkylation sites (tertiary alicyclic amines) is 1. The van der Waals surface area contributed by atoms with Gasteiger partial charge in [-0.05, 0) is 43.1 Å². The van der Waals surface area contributed by atoms with Crippen molar-refractivity contribution >= 4 is 5.91 Å². The minimum absolute atomic E-state index is 0.128. The van der Waals surface area contributed by atoms with Crippen molar-refractivity contribution in [2.75, 3.05) is 13.1 Å². The molecule has 1 fully saturated rings. The van der Waals surface area contributed by atoms with E-state index in [1.807, 2.05) is 23.1 Å². The number of nitrogens with zero attached hydrogens (tertiary/aromatic N) is 1. The predicted molar refractivity (Wildman–Crippen MR) is 87.0 cm³/mol. The Labute approximate surface area is 128 Å². The summed E-state index contributed by atoms with van der Waals surface area (Å²) in [5, 5.41) is 0. The van der Waals surface area contributed by atoms with Crippen LogP contribution in [0, 0.1) is 5.41 Å². The second-order valence-electron chi connectivity index (χ2n) is 6.97. The molecule has 1 saturated heterocycles. The molecule has 1 aromatic rings. The van der Waals surface area contributed by atoms with Crippen LogP contribution in [0.1, 0.15) is 45.1 Å². The van der Waals surface area contributed by atoms with Gasteiger partial charge in [0, 0.05) is 13.1 Å². The van der Waals surface area contributed by atoms with Gasteiger partial charge in [-0.15, -0.1) is 0 Å². The van der Waals surface area contributed by atoms with Gasteiger partial charge in [-0.1, -0.05) is 44.2 Å². The van der Waals surface area contributed by atoms with Gasteiger partial charge in [0.25, 0.3) is 0 Å². The topological polar surface area (TPSA) is 46.3 Å². The summed E-state index contributed by atoms with van der Waals surface area (Å²) in [5.41, 5.74) is 7.72. The average Bonchev–Trinajstić information content (AvgIpc) is 2.66. The molecule has 2 N–H and O–H groups in total. The molecule has 1 aromatic carbocycles. The Balaban J connectivity index is 1.84. The number of hydrogen-bond donors (Lipinski definition) is 1. The standard InChI is InChI=1S/C18H28N2O/c1-18(2)11-6-13-20(14-12-18)17(21)16(19)10-9-15-7-4-3-5-8-15/h3-5,7-8,16H,6,9-14,19H2,1-2H3. The molecule has 1 aliphatic heterocycles. The molecule has 1 aliphatic rings. The lowest BCUT2D eigenvalue weighted by molar-refractivity contribution is -0.132. The van der Waals surface area contributed by atoms with E-state index in [-0.39, 0.29) is 11.9 Å². The first-order valence-electron chi connectivity index (χ1n) is 8.06. The summed E-state index contributed by atoms with van der Waals surface area (Å²) in [7, 11) is 0. The maximum Gasteiger partial charge on any atom is 0.239 e. The highest BCUT2D eigenvalue weighted by Gasteiger charge is 2.27. The van der Waals surface area contributed by atoms with Gasteiger partial charge < -0.3 is 10.6 Å². The average molecular weight is 288 g/mol. The van der Waals surface area contributed by atoms with Crippen LogP contribution in [-0.4, -0.2) is 29.9 Å². The van der Waals surface area contributed by atoms with Gasteiger partial charge in [-0.3, -0.25) is 4.79 Å². The number of carbonyl (C=O) groups excluding carboxylic acids is 1. The highest BCUT2D eigenvalue weighted by Crippen LogP contribution is 2.29. The third kappa shape index (κ3) is 4.85. The Morgan fingerprint density at radius 3 is 2.67 bits per heavy atom. The number of carbonyl (C=O) groups is 1. The van der Waals surface area contributed by atoms with Crippen molar-refractivity contribution in [3.05, 3.63) is 35.9 Å². The molecule has 0 aromatic heterocycles. The quantitative estimate of drug-likeness (QED) is 0.926. The number of amides is 1. The van der Waals surface area contributed by atoms with Crippen molar-refractivity contribution in [2.45, 2.75) is 52.0 Å². The monoisotopic (exact) mass is 288 g/mol. The van der Waals surface area contributed by atoms with Crippen LogP contribution in [-0.2, 0) is 11.2 Å². The lowest BCUT2D eigenvalue weighted by Gasteiger charge is -2.25. The van der Waals surface area contributed by atoms with Crippen molar-refractivity contribution in [1.29, 1.82) is 0 Å². The fourth-order valence-corrected chi connectivity index (χ4v) is 2.97. The number of rotatable bonds is 4. The Morgan fingerprint density at radius 1 is 1.24 bits per heavy atom.